The van der Waals surface area contributed by atoms with Crippen LogP contribution >= 0.6 is 11.6 Å². The normalized spacial score (nSPS) is 11.2. The molecule has 6 nitrogen and oxygen atoms in total. The van der Waals surface area contributed by atoms with Gasteiger partial charge in [-0.25, -0.2) is 18.4 Å². The van der Waals surface area contributed by atoms with Gasteiger partial charge in [0.1, 0.15) is 16.7 Å². The SMILES string of the molecule is COc1ccc(Nc2cc(Cl)nc(S(C)(=O)=O)n2)cc1. The van der Waals surface area contributed by atoms with Crippen molar-refractivity contribution in [3.63, 3.8) is 0 Å². The molecule has 0 saturated heterocycles. The molecule has 2 rings (SSSR count). The van der Waals surface area contributed by atoms with Gasteiger partial charge in [-0.15, -0.1) is 0 Å². The molecule has 20 heavy (non-hydrogen) atoms. The summed E-state index contributed by atoms with van der Waals surface area (Å²) >= 11 is 5.79. The van der Waals surface area contributed by atoms with Gasteiger partial charge in [-0.3, -0.25) is 0 Å². The first-order chi connectivity index (χ1) is 9.38. The Hall–Kier alpha value is -1.86. The highest BCUT2D eigenvalue weighted by Gasteiger charge is 2.13. The van der Waals surface area contributed by atoms with Gasteiger partial charge in [-0.05, 0) is 24.3 Å². The van der Waals surface area contributed by atoms with Crippen LogP contribution in [0.4, 0.5) is 11.5 Å². The summed E-state index contributed by atoms with van der Waals surface area (Å²) in [5.41, 5.74) is 0.722. The maximum absolute atomic E-state index is 11.4. The maximum atomic E-state index is 11.4. The molecule has 0 aliphatic rings. The van der Waals surface area contributed by atoms with Gasteiger partial charge in [-0.1, -0.05) is 11.6 Å². The fraction of sp³-hybridized carbons (Fsp3) is 0.167. The summed E-state index contributed by atoms with van der Waals surface area (Å²) in [6.45, 7) is 0. The van der Waals surface area contributed by atoms with Gasteiger partial charge in [-0.2, -0.15) is 0 Å². The van der Waals surface area contributed by atoms with E-state index in [1.54, 1.807) is 31.4 Å². The van der Waals surface area contributed by atoms with Crippen LogP contribution in [0, 0.1) is 0 Å². The van der Waals surface area contributed by atoms with E-state index >= 15 is 0 Å². The molecule has 0 aliphatic heterocycles. The number of rotatable bonds is 4. The second-order valence-electron chi connectivity index (χ2n) is 3.98. The molecule has 0 radical (unpaired) electrons. The standard InChI is InChI=1S/C12H12ClN3O3S/c1-19-9-5-3-8(4-6-9)14-11-7-10(13)15-12(16-11)20(2,17)18/h3-7H,1-2H3,(H,14,15,16). The molecule has 0 atom stereocenters. The first-order valence-electron chi connectivity index (χ1n) is 5.54. The summed E-state index contributed by atoms with van der Waals surface area (Å²) < 4.78 is 27.9. The molecule has 0 unspecified atom stereocenters. The van der Waals surface area contributed by atoms with Crippen molar-refractivity contribution in [1.29, 1.82) is 0 Å². The Morgan fingerprint density at radius 3 is 2.40 bits per heavy atom. The largest absolute Gasteiger partial charge is 0.497 e. The highest BCUT2D eigenvalue weighted by molar-refractivity contribution is 7.90. The molecule has 2 aromatic rings. The highest BCUT2D eigenvalue weighted by atomic mass is 35.5. The summed E-state index contributed by atoms with van der Waals surface area (Å²) in [7, 11) is -1.94. The maximum Gasteiger partial charge on any atom is 0.250 e. The van der Waals surface area contributed by atoms with Crippen LogP contribution in [0.5, 0.6) is 5.75 Å². The minimum atomic E-state index is -3.52. The second kappa shape index (κ2) is 5.64. The molecule has 1 aromatic heterocycles. The van der Waals surface area contributed by atoms with Crippen LogP contribution in [-0.2, 0) is 9.84 Å². The van der Waals surface area contributed by atoms with Gasteiger partial charge in [0.2, 0.25) is 15.0 Å². The average molecular weight is 314 g/mol. The van der Waals surface area contributed by atoms with E-state index < -0.39 is 9.84 Å². The van der Waals surface area contributed by atoms with Crippen molar-refractivity contribution in [2.75, 3.05) is 18.7 Å². The first kappa shape index (κ1) is 14.5. The summed E-state index contributed by atoms with van der Waals surface area (Å²) in [6.07, 6.45) is 1.02. The van der Waals surface area contributed by atoms with Crippen molar-refractivity contribution in [2.24, 2.45) is 0 Å². The highest BCUT2D eigenvalue weighted by Crippen LogP contribution is 2.21. The van der Waals surface area contributed by atoms with Crippen molar-refractivity contribution >= 4 is 32.9 Å². The number of nitrogens with one attached hydrogen (secondary N) is 1. The van der Waals surface area contributed by atoms with E-state index in [-0.39, 0.29) is 10.3 Å². The topological polar surface area (TPSA) is 81.2 Å². The van der Waals surface area contributed by atoms with E-state index in [0.717, 1.165) is 11.9 Å². The quantitative estimate of drug-likeness (QED) is 0.689. The van der Waals surface area contributed by atoms with Crippen LogP contribution in [0.1, 0.15) is 0 Å². The zero-order chi connectivity index (χ0) is 14.8. The van der Waals surface area contributed by atoms with Crippen molar-refractivity contribution in [3.8, 4) is 5.75 Å². The first-order valence-corrected chi connectivity index (χ1v) is 7.81. The number of anilines is 2. The smallest absolute Gasteiger partial charge is 0.250 e. The molecular formula is C12H12ClN3O3S. The predicted octanol–water partition coefficient (Wildman–Crippen LogP) is 2.29. The third-order valence-corrected chi connectivity index (χ3v) is 3.41. The molecule has 1 aromatic carbocycles. The molecule has 106 valence electrons. The number of benzene rings is 1. The lowest BCUT2D eigenvalue weighted by molar-refractivity contribution is 0.415. The van der Waals surface area contributed by atoms with Crippen LogP contribution in [0.25, 0.3) is 0 Å². The Morgan fingerprint density at radius 2 is 1.85 bits per heavy atom. The van der Waals surface area contributed by atoms with E-state index in [9.17, 15) is 8.42 Å². The third-order valence-electron chi connectivity index (χ3n) is 2.37. The van der Waals surface area contributed by atoms with E-state index in [2.05, 4.69) is 15.3 Å². The summed E-state index contributed by atoms with van der Waals surface area (Å²) in [5, 5.41) is 2.69. The Kier molecular flexibility index (Phi) is 4.10. The van der Waals surface area contributed by atoms with Gasteiger partial charge >= 0.3 is 0 Å². The Balaban J connectivity index is 2.31. The number of hydrogen-bond acceptors (Lipinski definition) is 6. The van der Waals surface area contributed by atoms with Gasteiger partial charge in [0.25, 0.3) is 0 Å². The second-order valence-corrected chi connectivity index (χ2v) is 6.28. The fourth-order valence-corrected chi connectivity index (χ4v) is 2.21. The number of halogens is 1. The minimum Gasteiger partial charge on any atom is -0.497 e. The van der Waals surface area contributed by atoms with Gasteiger partial charge in [0.05, 0.1) is 7.11 Å². The van der Waals surface area contributed by atoms with E-state index in [1.165, 1.54) is 6.07 Å². The van der Waals surface area contributed by atoms with Crippen LogP contribution < -0.4 is 10.1 Å². The number of methoxy groups -OCH3 is 1. The summed E-state index contributed by atoms with van der Waals surface area (Å²) in [6, 6.07) is 8.52. The van der Waals surface area contributed by atoms with Crippen molar-refractivity contribution in [1.82, 2.24) is 9.97 Å². The number of hydrogen-bond donors (Lipinski definition) is 1. The number of sulfone groups is 1. The molecule has 0 saturated carbocycles. The van der Waals surface area contributed by atoms with Crippen LogP contribution in [-0.4, -0.2) is 31.8 Å². The average Bonchev–Trinajstić information content (AvgIpc) is 2.38. The zero-order valence-corrected chi connectivity index (χ0v) is 12.4. The molecule has 1 heterocycles. The van der Waals surface area contributed by atoms with E-state index in [4.69, 9.17) is 16.3 Å². The van der Waals surface area contributed by atoms with Gasteiger partial charge < -0.3 is 10.1 Å². The minimum absolute atomic E-state index is 0.0523. The molecule has 0 aliphatic carbocycles. The lowest BCUT2D eigenvalue weighted by atomic mass is 10.3. The van der Waals surface area contributed by atoms with E-state index in [0.29, 0.717) is 11.6 Å². The molecule has 8 heteroatoms. The molecule has 1 N–H and O–H groups in total. The van der Waals surface area contributed by atoms with Crippen molar-refractivity contribution in [3.05, 3.63) is 35.5 Å². The Labute approximate surface area is 121 Å². The molecular weight excluding hydrogens is 302 g/mol. The number of aromatic nitrogens is 2. The molecule has 0 fully saturated rings. The number of ether oxygens (including phenoxy) is 1. The van der Waals surface area contributed by atoms with Crippen molar-refractivity contribution in [2.45, 2.75) is 5.16 Å². The van der Waals surface area contributed by atoms with Crippen LogP contribution in [0.2, 0.25) is 5.15 Å². The zero-order valence-electron chi connectivity index (χ0n) is 10.8. The predicted molar refractivity (Wildman–Crippen MR) is 76.4 cm³/mol. The van der Waals surface area contributed by atoms with Crippen molar-refractivity contribution < 1.29 is 13.2 Å². The monoisotopic (exact) mass is 313 g/mol. The summed E-state index contributed by atoms with van der Waals surface area (Å²) in [5.74, 6) is 1.02. The van der Waals surface area contributed by atoms with Gasteiger partial charge in [0.15, 0.2) is 0 Å². The lowest BCUT2D eigenvalue weighted by Crippen LogP contribution is -2.06. The molecule has 0 spiro atoms. The fourth-order valence-electron chi connectivity index (χ4n) is 1.45. The third kappa shape index (κ3) is 3.58. The lowest BCUT2D eigenvalue weighted by Gasteiger charge is -2.08. The van der Waals surface area contributed by atoms with Crippen LogP contribution in [0.15, 0.2) is 35.5 Å². The van der Waals surface area contributed by atoms with E-state index in [1.807, 2.05) is 0 Å². The van der Waals surface area contributed by atoms with Crippen LogP contribution in [0.3, 0.4) is 0 Å². The summed E-state index contributed by atoms with van der Waals surface area (Å²) in [4.78, 5) is 7.60. The number of nitrogens with zero attached hydrogens (tertiary/aromatic N) is 2. The molecule has 0 bridgehead atoms. The molecule has 0 amide bonds. The Bertz CT molecular complexity index is 717. The van der Waals surface area contributed by atoms with Gasteiger partial charge in [0, 0.05) is 18.0 Å². The Morgan fingerprint density at radius 1 is 1.20 bits per heavy atom.